The van der Waals surface area contributed by atoms with Crippen LogP contribution in [0.5, 0.6) is 0 Å². The number of nitrogens with zero attached hydrogens (tertiary/aromatic N) is 3. The maximum atomic E-state index is 5.80. The highest BCUT2D eigenvalue weighted by molar-refractivity contribution is 5.86. The van der Waals surface area contributed by atoms with E-state index in [1.807, 2.05) is 44.3 Å². The van der Waals surface area contributed by atoms with Gasteiger partial charge in [-0.1, -0.05) is 18.2 Å². The van der Waals surface area contributed by atoms with Crippen LogP contribution in [-0.2, 0) is 0 Å². The normalized spacial score (nSPS) is 11.0. The Bertz CT molecular complexity index is 708. The highest BCUT2D eigenvalue weighted by Gasteiger charge is 2.08. The minimum Gasteiger partial charge on any atom is -0.382 e. The van der Waals surface area contributed by atoms with Crippen molar-refractivity contribution < 1.29 is 0 Å². The maximum absolute atomic E-state index is 5.80. The molecular weight excluding hydrogens is 224 g/mol. The molecule has 0 aliphatic rings. The summed E-state index contributed by atoms with van der Waals surface area (Å²) in [6, 6.07) is 10.1. The van der Waals surface area contributed by atoms with Crippen molar-refractivity contribution in [3.05, 3.63) is 47.8 Å². The Hall–Kier alpha value is -2.36. The van der Waals surface area contributed by atoms with Crippen LogP contribution in [0.25, 0.3) is 16.6 Å². The Balaban J connectivity index is 2.31. The van der Waals surface area contributed by atoms with Gasteiger partial charge in [-0.15, -0.1) is 0 Å². The summed E-state index contributed by atoms with van der Waals surface area (Å²) in [6.45, 7) is 3.93. The fraction of sp³-hybridized carbons (Fsp3) is 0.143. The van der Waals surface area contributed by atoms with E-state index < -0.39 is 0 Å². The van der Waals surface area contributed by atoms with E-state index in [0.29, 0.717) is 5.82 Å². The van der Waals surface area contributed by atoms with Crippen molar-refractivity contribution in [2.45, 2.75) is 13.8 Å². The third-order valence-corrected chi connectivity index (χ3v) is 3.02. The van der Waals surface area contributed by atoms with E-state index in [1.54, 1.807) is 4.68 Å². The van der Waals surface area contributed by atoms with Crippen LogP contribution in [-0.4, -0.2) is 14.8 Å². The average molecular weight is 238 g/mol. The first-order valence-electron chi connectivity index (χ1n) is 5.83. The number of benzene rings is 1. The average Bonchev–Trinajstić information content (AvgIpc) is 2.68. The van der Waals surface area contributed by atoms with Gasteiger partial charge in [0.2, 0.25) is 0 Å². The molecule has 0 fully saturated rings. The van der Waals surface area contributed by atoms with Crippen molar-refractivity contribution in [2.75, 3.05) is 5.73 Å². The molecule has 4 nitrogen and oxygen atoms in total. The molecule has 2 N–H and O–H groups in total. The Morgan fingerprint density at radius 2 is 1.94 bits per heavy atom. The highest BCUT2D eigenvalue weighted by Crippen LogP contribution is 2.21. The van der Waals surface area contributed by atoms with Crippen LogP contribution in [0.4, 0.5) is 5.82 Å². The number of nitrogens with two attached hydrogens (primary N) is 1. The molecule has 4 heteroatoms. The van der Waals surface area contributed by atoms with Crippen molar-refractivity contribution >= 4 is 16.7 Å². The molecule has 0 amide bonds. The van der Waals surface area contributed by atoms with Crippen LogP contribution < -0.4 is 5.73 Å². The van der Waals surface area contributed by atoms with E-state index in [0.717, 1.165) is 27.8 Å². The lowest BCUT2D eigenvalue weighted by Crippen LogP contribution is -1.98. The monoisotopic (exact) mass is 238 g/mol. The summed E-state index contributed by atoms with van der Waals surface area (Å²) in [4.78, 5) is 4.59. The van der Waals surface area contributed by atoms with Crippen LogP contribution in [0.3, 0.4) is 0 Å². The van der Waals surface area contributed by atoms with Crippen LogP contribution in [0.1, 0.15) is 11.3 Å². The van der Waals surface area contributed by atoms with Gasteiger partial charge < -0.3 is 5.73 Å². The molecule has 0 aliphatic heterocycles. The largest absolute Gasteiger partial charge is 0.382 e. The zero-order valence-corrected chi connectivity index (χ0v) is 10.4. The molecule has 0 radical (unpaired) electrons. The SMILES string of the molecule is Cc1ccc2cccc(-n3cc(C)c(N)n3)c2n1. The molecule has 0 bridgehead atoms. The van der Waals surface area contributed by atoms with Gasteiger partial charge in [-0.2, -0.15) is 5.10 Å². The molecule has 0 saturated carbocycles. The molecule has 2 heterocycles. The maximum Gasteiger partial charge on any atom is 0.148 e. The van der Waals surface area contributed by atoms with E-state index in [-0.39, 0.29) is 0 Å². The second kappa shape index (κ2) is 3.84. The summed E-state index contributed by atoms with van der Waals surface area (Å²) in [6.07, 6.45) is 1.92. The van der Waals surface area contributed by atoms with E-state index >= 15 is 0 Å². The molecule has 3 aromatic rings. The van der Waals surface area contributed by atoms with Gasteiger partial charge in [0.25, 0.3) is 0 Å². The summed E-state index contributed by atoms with van der Waals surface area (Å²) in [5.74, 6) is 0.555. The molecule has 3 rings (SSSR count). The molecule has 2 aromatic heterocycles. The van der Waals surface area contributed by atoms with Crippen molar-refractivity contribution in [3.63, 3.8) is 0 Å². The van der Waals surface area contributed by atoms with Crippen LogP contribution in [0.15, 0.2) is 36.5 Å². The van der Waals surface area contributed by atoms with E-state index in [1.165, 1.54) is 0 Å². The molecule has 90 valence electrons. The number of nitrogen functional groups attached to an aromatic ring is 1. The predicted octanol–water partition coefficient (Wildman–Crippen LogP) is 2.62. The van der Waals surface area contributed by atoms with Gasteiger partial charge in [-0.25, -0.2) is 4.68 Å². The zero-order chi connectivity index (χ0) is 12.7. The van der Waals surface area contributed by atoms with Crippen molar-refractivity contribution in [3.8, 4) is 5.69 Å². The topological polar surface area (TPSA) is 56.7 Å². The second-order valence-electron chi connectivity index (χ2n) is 4.44. The standard InChI is InChI=1S/C14H14N4/c1-9-8-18(17-14(9)15)12-5-3-4-11-7-6-10(2)16-13(11)12/h3-8H,1-2H3,(H2,15,17). The van der Waals surface area contributed by atoms with Gasteiger partial charge in [0.1, 0.15) is 5.82 Å². The lowest BCUT2D eigenvalue weighted by molar-refractivity contribution is 0.889. The molecule has 0 aliphatic carbocycles. The van der Waals surface area contributed by atoms with Crippen LogP contribution in [0, 0.1) is 13.8 Å². The Labute approximate surface area is 105 Å². The summed E-state index contributed by atoms with van der Waals surface area (Å²) in [5, 5.41) is 5.42. The van der Waals surface area contributed by atoms with E-state index in [2.05, 4.69) is 16.1 Å². The number of para-hydroxylation sites is 1. The fourth-order valence-electron chi connectivity index (χ4n) is 2.01. The summed E-state index contributed by atoms with van der Waals surface area (Å²) < 4.78 is 1.79. The van der Waals surface area contributed by atoms with Crippen LogP contribution in [0.2, 0.25) is 0 Å². The smallest absolute Gasteiger partial charge is 0.148 e. The lowest BCUT2D eigenvalue weighted by atomic mass is 10.2. The van der Waals surface area contributed by atoms with Gasteiger partial charge in [-0.05, 0) is 26.0 Å². The molecule has 0 saturated heterocycles. The number of aromatic nitrogens is 3. The second-order valence-corrected chi connectivity index (χ2v) is 4.44. The molecular formula is C14H14N4. The van der Waals surface area contributed by atoms with Gasteiger partial charge in [0.05, 0.1) is 11.2 Å². The number of anilines is 1. The van der Waals surface area contributed by atoms with Gasteiger partial charge in [0, 0.05) is 22.8 Å². The number of aryl methyl sites for hydroxylation is 2. The molecule has 18 heavy (non-hydrogen) atoms. The molecule has 0 unspecified atom stereocenters. The first-order valence-corrected chi connectivity index (χ1v) is 5.83. The molecule has 0 spiro atoms. The fourth-order valence-corrected chi connectivity index (χ4v) is 2.01. The molecule has 0 atom stereocenters. The lowest BCUT2D eigenvalue weighted by Gasteiger charge is -2.06. The van der Waals surface area contributed by atoms with E-state index in [9.17, 15) is 0 Å². The predicted molar refractivity (Wildman–Crippen MR) is 72.8 cm³/mol. The van der Waals surface area contributed by atoms with Crippen molar-refractivity contribution in [1.29, 1.82) is 0 Å². The number of pyridine rings is 1. The minimum absolute atomic E-state index is 0.555. The third-order valence-electron chi connectivity index (χ3n) is 3.02. The van der Waals surface area contributed by atoms with Crippen molar-refractivity contribution in [2.24, 2.45) is 0 Å². The number of hydrogen-bond donors (Lipinski definition) is 1. The summed E-state index contributed by atoms with van der Waals surface area (Å²) in [5.41, 5.74) is 9.66. The summed E-state index contributed by atoms with van der Waals surface area (Å²) >= 11 is 0. The number of fused-ring (bicyclic) bond motifs is 1. The Kier molecular flexibility index (Phi) is 2.30. The first-order chi connectivity index (χ1) is 8.65. The van der Waals surface area contributed by atoms with Crippen molar-refractivity contribution in [1.82, 2.24) is 14.8 Å². The zero-order valence-electron chi connectivity index (χ0n) is 10.4. The summed E-state index contributed by atoms with van der Waals surface area (Å²) in [7, 11) is 0. The van der Waals surface area contributed by atoms with Gasteiger partial charge >= 0.3 is 0 Å². The first kappa shape index (κ1) is 10.8. The third kappa shape index (κ3) is 1.62. The number of rotatable bonds is 1. The van der Waals surface area contributed by atoms with Crippen LogP contribution >= 0.6 is 0 Å². The van der Waals surface area contributed by atoms with Gasteiger partial charge in [-0.3, -0.25) is 4.98 Å². The molecule has 1 aromatic carbocycles. The highest BCUT2D eigenvalue weighted by atomic mass is 15.3. The van der Waals surface area contributed by atoms with E-state index in [4.69, 9.17) is 5.73 Å². The number of hydrogen-bond acceptors (Lipinski definition) is 3. The van der Waals surface area contributed by atoms with Gasteiger partial charge in [0.15, 0.2) is 0 Å². The Morgan fingerprint density at radius 1 is 1.11 bits per heavy atom. The Morgan fingerprint density at radius 3 is 2.67 bits per heavy atom. The minimum atomic E-state index is 0.555. The quantitative estimate of drug-likeness (QED) is 0.709.